The van der Waals surface area contributed by atoms with Gasteiger partial charge in [-0.05, 0) is 111 Å². The van der Waals surface area contributed by atoms with Gasteiger partial charge in [0.15, 0.2) is 30.9 Å². The van der Waals surface area contributed by atoms with Gasteiger partial charge in [-0.25, -0.2) is 0 Å². The predicted octanol–water partition coefficient (Wildman–Crippen LogP) is -1.24. The van der Waals surface area contributed by atoms with Crippen LogP contribution in [0.4, 0.5) is 0 Å². The van der Waals surface area contributed by atoms with Crippen LogP contribution in [0, 0.1) is 52.3 Å². The first-order valence-corrected chi connectivity index (χ1v) is 26.6. The lowest BCUT2D eigenvalue weighted by molar-refractivity contribution is -0.391. The Hall–Kier alpha value is -0.840. The van der Waals surface area contributed by atoms with Gasteiger partial charge in [0.1, 0.15) is 85.5 Å². The highest BCUT2D eigenvalue weighted by molar-refractivity contribution is 5.15. The molecule has 408 valence electrons. The lowest BCUT2D eigenvalue weighted by atomic mass is 9.44. The molecule has 4 aliphatic carbocycles. The summed E-state index contributed by atoms with van der Waals surface area (Å²) >= 11 is 0. The van der Waals surface area contributed by atoms with Gasteiger partial charge < -0.3 is 104 Å². The molecule has 10 aliphatic rings. The number of aliphatic hydroxyl groups is 11. The third-order valence-corrected chi connectivity index (χ3v) is 20.0. The summed E-state index contributed by atoms with van der Waals surface area (Å²) in [6.07, 6.45) is -20.1. The molecule has 0 amide bonds. The van der Waals surface area contributed by atoms with Crippen molar-refractivity contribution in [3.63, 3.8) is 0 Å². The maximum absolute atomic E-state index is 12.2. The molecule has 10 fully saturated rings. The van der Waals surface area contributed by atoms with E-state index in [9.17, 15) is 56.2 Å². The van der Waals surface area contributed by atoms with Gasteiger partial charge in [0.05, 0.1) is 44.7 Å². The molecule has 6 aliphatic heterocycles. The van der Waals surface area contributed by atoms with Crippen molar-refractivity contribution in [1.29, 1.82) is 0 Å². The molecule has 31 atom stereocenters. The molecule has 0 bridgehead atoms. The van der Waals surface area contributed by atoms with Crippen molar-refractivity contribution >= 4 is 0 Å². The van der Waals surface area contributed by atoms with E-state index >= 15 is 0 Å². The molecular formula is C50H82O21. The molecule has 6 saturated heterocycles. The second-order valence-corrected chi connectivity index (χ2v) is 23.9. The van der Waals surface area contributed by atoms with Gasteiger partial charge in [0.2, 0.25) is 0 Å². The van der Waals surface area contributed by atoms with Crippen molar-refractivity contribution in [2.24, 2.45) is 52.3 Å². The quantitative estimate of drug-likeness (QED) is 0.114. The third kappa shape index (κ3) is 9.20. The van der Waals surface area contributed by atoms with Crippen LogP contribution < -0.4 is 0 Å². The SMILES string of the molecule is CC1CC[C@@]2(OC1)O[C@H]1C[C@H]3[C@@H]4CC[C@@H]5C[C@@H](O[C@@H]6OC(CO)[C@@H](O[C@@H]7OC[C@@H](O[C@@H]8OC(C)[C@H](O)C(O)[C@@H]8O)[C@H](O)C7O)[C@H](O)C6O[C@@H]6OC(CO)[C@@H](O)[C@H](O)C6O)CC[C@]5(C)[C@H]4CC[C@]3(C)[C@H]1[C@@H]2C. The lowest BCUT2D eigenvalue weighted by Gasteiger charge is -2.61. The second-order valence-electron chi connectivity index (χ2n) is 23.9. The fraction of sp³-hybridized carbons (Fsp3) is 1.00. The zero-order chi connectivity index (χ0) is 50.6. The topological polar surface area (TPSA) is 315 Å². The first-order chi connectivity index (χ1) is 33.7. The smallest absolute Gasteiger partial charge is 0.187 e. The van der Waals surface area contributed by atoms with Crippen LogP contribution in [-0.4, -0.2) is 217 Å². The van der Waals surface area contributed by atoms with Gasteiger partial charge in [-0.3, -0.25) is 0 Å². The van der Waals surface area contributed by atoms with Gasteiger partial charge in [-0.15, -0.1) is 0 Å². The molecule has 10 rings (SSSR count). The molecule has 4 saturated carbocycles. The Balaban J connectivity index is 0.820. The zero-order valence-corrected chi connectivity index (χ0v) is 41.6. The fourth-order valence-electron chi connectivity index (χ4n) is 15.8. The third-order valence-electron chi connectivity index (χ3n) is 20.0. The van der Waals surface area contributed by atoms with Crippen molar-refractivity contribution in [3.05, 3.63) is 0 Å². The van der Waals surface area contributed by atoms with Crippen LogP contribution in [0.25, 0.3) is 0 Å². The summed E-state index contributed by atoms with van der Waals surface area (Å²) in [6, 6.07) is 0. The molecule has 1 spiro atoms. The van der Waals surface area contributed by atoms with Crippen molar-refractivity contribution in [2.45, 2.75) is 234 Å². The minimum absolute atomic E-state index is 0.0602. The summed E-state index contributed by atoms with van der Waals surface area (Å²) in [4.78, 5) is 0. The number of fused-ring (bicyclic) bond motifs is 7. The maximum atomic E-state index is 12.2. The average molecular weight is 1020 g/mol. The molecule has 11 N–H and O–H groups in total. The minimum atomic E-state index is -1.85. The highest BCUT2D eigenvalue weighted by Gasteiger charge is 2.69. The van der Waals surface area contributed by atoms with Gasteiger partial charge >= 0.3 is 0 Å². The number of hydrogen-bond acceptors (Lipinski definition) is 21. The maximum Gasteiger partial charge on any atom is 0.187 e. The highest BCUT2D eigenvalue weighted by Crippen LogP contribution is 2.71. The minimum Gasteiger partial charge on any atom is -0.394 e. The first-order valence-electron chi connectivity index (χ1n) is 26.6. The Bertz CT molecular complexity index is 1810. The van der Waals surface area contributed by atoms with Crippen LogP contribution in [0.2, 0.25) is 0 Å². The molecular weight excluding hydrogens is 937 g/mol. The summed E-state index contributed by atoms with van der Waals surface area (Å²) in [5, 5.41) is 118. The number of hydrogen-bond donors (Lipinski definition) is 11. The Labute approximate surface area is 414 Å². The van der Waals surface area contributed by atoms with E-state index in [1.54, 1.807) is 0 Å². The van der Waals surface area contributed by atoms with Crippen LogP contribution in [0.15, 0.2) is 0 Å². The Kier molecular flexibility index (Phi) is 15.5. The Morgan fingerprint density at radius 3 is 1.90 bits per heavy atom. The van der Waals surface area contributed by atoms with Crippen molar-refractivity contribution in [2.75, 3.05) is 26.4 Å². The van der Waals surface area contributed by atoms with E-state index in [4.69, 9.17) is 47.4 Å². The first kappa shape index (κ1) is 53.6. The predicted molar refractivity (Wildman–Crippen MR) is 241 cm³/mol. The molecule has 21 heteroatoms. The Morgan fingerprint density at radius 2 is 1.20 bits per heavy atom. The standard InChI is InChI=1S/C50H82O21/c1-20-8-13-50(63-18-20)21(2)32-28(71-50)15-27-25-7-6-23-14-24(9-11-48(23,4)26(25)10-12-49(27,32)5)65-47-43(70-46-40(60)37(57)34(54)29(16-51)66-46)41(61)42(30(17-52)67-47)69-44-38(58)35(55)31(19-62-44)68-45-39(59)36(56)33(53)22(3)64-45/h20-47,51-61H,6-19H2,1-5H3/t20?,21-,22?,23+,24-,25+,26-,27-,28-,29?,30?,31+,32-,33-,34+,35-,36?,37-,38?,39-,40?,41-,42+,43?,44-,45-,46-,47+,48-,49-,50+/m0/s1. The van der Waals surface area contributed by atoms with Crippen LogP contribution in [0.1, 0.15) is 98.8 Å². The zero-order valence-electron chi connectivity index (χ0n) is 41.6. The molecule has 71 heavy (non-hydrogen) atoms. The van der Waals surface area contributed by atoms with E-state index in [1.165, 1.54) is 6.92 Å². The number of rotatable bonds is 10. The van der Waals surface area contributed by atoms with E-state index < -0.39 is 142 Å². The Morgan fingerprint density at radius 1 is 0.535 bits per heavy atom. The van der Waals surface area contributed by atoms with Crippen LogP contribution >= 0.6 is 0 Å². The van der Waals surface area contributed by atoms with E-state index in [0.29, 0.717) is 54.3 Å². The molecule has 0 aromatic rings. The monoisotopic (exact) mass is 1020 g/mol. The molecule has 0 aromatic carbocycles. The number of aliphatic hydroxyl groups excluding tert-OH is 11. The molecule has 0 aromatic heterocycles. The largest absolute Gasteiger partial charge is 0.394 e. The summed E-state index contributed by atoms with van der Waals surface area (Å²) in [5.41, 5.74) is 0.248. The molecule has 0 radical (unpaired) electrons. The van der Waals surface area contributed by atoms with E-state index in [0.717, 1.165) is 58.0 Å². The summed E-state index contributed by atoms with van der Waals surface area (Å²) in [7, 11) is 0. The van der Waals surface area contributed by atoms with Gasteiger partial charge in [0.25, 0.3) is 0 Å². The fourth-order valence-corrected chi connectivity index (χ4v) is 15.8. The van der Waals surface area contributed by atoms with Crippen molar-refractivity contribution in [1.82, 2.24) is 0 Å². The van der Waals surface area contributed by atoms with Crippen molar-refractivity contribution in [3.8, 4) is 0 Å². The second kappa shape index (κ2) is 20.5. The van der Waals surface area contributed by atoms with Gasteiger partial charge in [0, 0.05) is 12.3 Å². The number of ether oxygens (including phenoxy) is 10. The molecule has 21 nitrogen and oxygen atoms in total. The molecule has 6 heterocycles. The van der Waals surface area contributed by atoms with Crippen LogP contribution in [-0.2, 0) is 47.4 Å². The highest BCUT2D eigenvalue weighted by atomic mass is 16.8. The van der Waals surface area contributed by atoms with Crippen LogP contribution in [0.5, 0.6) is 0 Å². The average Bonchev–Trinajstić information content (AvgIpc) is 3.80. The normalized spacial score (nSPS) is 58.5. The van der Waals surface area contributed by atoms with Crippen molar-refractivity contribution < 1.29 is 104 Å². The van der Waals surface area contributed by atoms with Gasteiger partial charge in [-0.2, -0.15) is 0 Å². The summed E-state index contributed by atoms with van der Waals surface area (Å²) in [6.45, 7) is 9.94. The van der Waals surface area contributed by atoms with E-state index in [2.05, 4.69) is 27.7 Å². The van der Waals surface area contributed by atoms with Gasteiger partial charge in [-0.1, -0.05) is 27.7 Å². The van der Waals surface area contributed by atoms with E-state index in [1.807, 2.05) is 0 Å². The summed E-state index contributed by atoms with van der Waals surface area (Å²) in [5.74, 6) is 2.94. The van der Waals surface area contributed by atoms with Crippen LogP contribution in [0.3, 0.4) is 0 Å². The summed E-state index contributed by atoms with van der Waals surface area (Å²) < 4.78 is 61.6. The lowest BCUT2D eigenvalue weighted by Crippen LogP contribution is -2.67. The molecule has 8 unspecified atom stereocenters. The van der Waals surface area contributed by atoms with E-state index in [-0.39, 0.29) is 23.0 Å².